The molecular formula is C21H20FNO3. The first-order chi connectivity index (χ1) is 12.7. The number of hydrogen-bond acceptors (Lipinski definition) is 4. The van der Waals surface area contributed by atoms with Gasteiger partial charge >= 0.3 is 0 Å². The van der Waals surface area contributed by atoms with Gasteiger partial charge in [-0.15, -0.1) is 0 Å². The smallest absolute Gasteiger partial charge is 0.131 e. The van der Waals surface area contributed by atoms with Crippen molar-refractivity contribution in [3.8, 4) is 16.9 Å². The van der Waals surface area contributed by atoms with Crippen molar-refractivity contribution in [1.29, 1.82) is 0 Å². The SMILES string of the molecule is O=CC1C=C(CN2CCOCC2)Oc2ccc(-c3ccc(F)cc3)cc21. The molecule has 2 aromatic rings. The van der Waals surface area contributed by atoms with E-state index in [4.69, 9.17) is 9.47 Å². The molecule has 26 heavy (non-hydrogen) atoms. The summed E-state index contributed by atoms with van der Waals surface area (Å²) in [6, 6.07) is 12.1. The van der Waals surface area contributed by atoms with E-state index >= 15 is 0 Å². The van der Waals surface area contributed by atoms with E-state index in [2.05, 4.69) is 4.90 Å². The van der Waals surface area contributed by atoms with E-state index < -0.39 is 0 Å². The van der Waals surface area contributed by atoms with Crippen molar-refractivity contribution in [1.82, 2.24) is 4.90 Å². The molecule has 0 radical (unpaired) electrons. The fourth-order valence-electron chi connectivity index (χ4n) is 3.37. The summed E-state index contributed by atoms with van der Waals surface area (Å²) in [4.78, 5) is 13.9. The molecule has 0 aliphatic carbocycles. The van der Waals surface area contributed by atoms with Crippen LogP contribution < -0.4 is 4.74 Å². The minimum atomic E-state index is -0.338. The maximum Gasteiger partial charge on any atom is 0.131 e. The first-order valence-electron chi connectivity index (χ1n) is 8.77. The predicted octanol–water partition coefficient (Wildman–Crippen LogP) is 3.38. The summed E-state index contributed by atoms with van der Waals surface area (Å²) >= 11 is 0. The van der Waals surface area contributed by atoms with Crippen molar-refractivity contribution in [2.24, 2.45) is 0 Å². The minimum Gasteiger partial charge on any atom is -0.460 e. The van der Waals surface area contributed by atoms with Gasteiger partial charge in [-0.2, -0.15) is 0 Å². The molecule has 4 nitrogen and oxygen atoms in total. The van der Waals surface area contributed by atoms with E-state index in [9.17, 15) is 9.18 Å². The van der Waals surface area contributed by atoms with E-state index in [0.29, 0.717) is 12.3 Å². The highest BCUT2D eigenvalue weighted by Crippen LogP contribution is 2.36. The molecule has 2 aliphatic heterocycles. The first kappa shape index (κ1) is 16.9. The lowest BCUT2D eigenvalue weighted by atomic mass is 9.93. The topological polar surface area (TPSA) is 38.8 Å². The highest BCUT2D eigenvalue weighted by atomic mass is 19.1. The third-order valence-electron chi connectivity index (χ3n) is 4.78. The van der Waals surface area contributed by atoms with Gasteiger partial charge in [0.2, 0.25) is 0 Å². The number of allylic oxidation sites excluding steroid dienone is 1. The van der Waals surface area contributed by atoms with Crippen LogP contribution in [0.3, 0.4) is 0 Å². The molecule has 0 aromatic heterocycles. The minimum absolute atomic E-state index is 0.267. The Morgan fingerprint density at radius 2 is 1.81 bits per heavy atom. The third kappa shape index (κ3) is 3.54. The molecule has 0 bridgehead atoms. The average Bonchev–Trinajstić information content (AvgIpc) is 2.68. The molecule has 2 aliphatic rings. The van der Waals surface area contributed by atoms with Crippen LogP contribution in [0.4, 0.5) is 4.39 Å². The van der Waals surface area contributed by atoms with Gasteiger partial charge in [0.1, 0.15) is 23.6 Å². The van der Waals surface area contributed by atoms with Crippen molar-refractivity contribution in [2.45, 2.75) is 5.92 Å². The maximum atomic E-state index is 13.1. The van der Waals surface area contributed by atoms with Crippen LogP contribution in [0.2, 0.25) is 0 Å². The maximum absolute atomic E-state index is 13.1. The molecule has 0 amide bonds. The molecule has 1 saturated heterocycles. The number of benzene rings is 2. The Balaban J connectivity index is 1.58. The number of rotatable bonds is 4. The van der Waals surface area contributed by atoms with E-state index in [-0.39, 0.29) is 11.7 Å². The van der Waals surface area contributed by atoms with Crippen LogP contribution in [-0.2, 0) is 9.53 Å². The highest BCUT2D eigenvalue weighted by molar-refractivity contribution is 5.73. The third-order valence-corrected chi connectivity index (χ3v) is 4.78. The molecule has 1 atom stereocenters. The largest absolute Gasteiger partial charge is 0.460 e. The summed E-state index contributed by atoms with van der Waals surface area (Å²) in [5.41, 5.74) is 2.68. The van der Waals surface area contributed by atoms with Crippen LogP contribution in [-0.4, -0.2) is 44.0 Å². The van der Waals surface area contributed by atoms with E-state index in [0.717, 1.165) is 55.0 Å². The van der Waals surface area contributed by atoms with Crippen molar-refractivity contribution in [2.75, 3.05) is 32.8 Å². The Hall–Kier alpha value is -2.50. The lowest BCUT2D eigenvalue weighted by Gasteiger charge is -2.30. The van der Waals surface area contributed by atoms with Gasteiger partial charge < -0.3 is 14.3 Å². The fraction of sp³-hybridized carbons (Fsp3) is 0.286. The average molecular weight is 353 g/mol. The fourth-order valence-corrected chi connectivity index (χ4v) is 3.37. The predicted molar refractivity (Wildman–Crippen MR) is 96.6 cm³/mol. The van der Waals surface area contributed by atoms with Gasteiger partial charge in [0, 0.05) is 18.7 Å². The zero-order chi connectivity index (χ0) is 17.9. The molecule has 0 spiro atoms. The van der Waals surface area contributed by atoms with Crippen LogP contribution in [0.15, 0.2) is 54.3 Å². The Morgan fingerprint density at radius 3 is 2.54 bits per heavy atom. The Morgan fingerprint density at radius 1 is 1.08 bits per heavy atom. The number of fused-ring (bicyclic) bond motifs is 1. The highest BCUT2D eigenvalue weighted by Gasteiger charge is 2.24. The van der Waals surface area contributed by atoms with Gasteiger partial charge in [0.25, 0.3) is 0 Å². The number of halogens is 1. The number of carbonyl (C=O) groups is 1. The van der Waals surface area contributed by atoms with Crippen LogP contribution in [0.5, 0.6) is 5.75 Å². The van der Waals surface area contributed by atoms with E-state index in [1.54, 1.807) is 12.1 Å². The van der Waals surface area contributed by atoms with Crippen molar-refractivity contribution in [3.63, 3.8) is 0 Å². The number of aldehydes is 1. The summed E-state index contributed by atoms with van der Waals surface area (Å²) < 4.78 is 24.5. The summed E-state index contributed by atoms with van der Waals surface area (Å²) in [5.74, 6) is 0.899. The molecule has 1 unspecified atom stereocenters. The normalized spacial score (nSPS) is 20.0. The second-order valence-electron chi connectivity index (χ2n) is 6.54. The molecule has 1 fully saturated rings. The number of carbonyl (C=O) groups excluding carboxylic acids is 1. The van der Waals surface area contributed by atoms with E-state index in [1.165, 1.54) is 12.1 Å². The first-order valence-corrected chi connectivity index (χ1v) is 8.77. The quantitative estimate of drug-likeness (QED) is 0.790. The Bertz CT molecular complexity index is 826. The van der Waals surface area contributed by atoms with Gasteiger partial charge in [-0.25, -0.2) is 4.39 Å². The molecule has 0 N–H and O–H groups in total. The van der Waals surface area contributed by atoms with Gasteiger partial charge in [-0.3, -0.25) is 4.90 Å². The Labute approximate surface area is 151 Å². The van der Waals surface area contributed by atoms with Crippen LogP contribution in [0.25, 0.3) is 11.1 Å². The lowest BCUT2D eigenvalue weighted by Crippen LogP contribution is -2.38. The van der Waals surface area contributed by atoms with Crippen molar-refractivity contribution in [3.05, 3.63) is 65.7 Å². The second-order valence-corrected chi connectivity index (χ2v) is 6.54. The molecule has 0 saturated carbocycles. The molecule has 5 heteroatoms. The monoisotopic (exact) mass is 353 g/mol. The second kappa shape index (κ2) is 7.40. The zero-order valence-corrected chi connectivity index (χ0v) is 14.4. The summed E-state index contributed by atoms with van der Waals surface area (Å²) in [5, 5.41) is 0. The number of morpholine rings is 1. The molecule has 4 rings (SSSR count). The van der Waals surface area contributed by atoms with Gasteiger partial charge in [0.05, 0.1) is 25.7 Å². The summed E-state index contributed by atoms with van der Waals surface area (Å²) in [6.07, 6.45) is 2.83. The molecular weight excluding hydrogens is 333 g/mol. The van der Waals surface area contributed by atoms with Gasteiger partial charge in [-0.05, 0) is 41.5 Å². The zero-order valence-electron chi connectivity index (χ0n) is 14.4. The number of nitrogens with zero attached hydrogens (tertiary/aromatic N) is 1. The van der Waals surface area contributed by atoms with Gasteiger partial charge in [-0.1, -0.05) is 18.2 Å². The summed E-state index contributed by atoms with van der Waals surface area (Å²) in [6.45, 7) is 3.85. The van der Waals surface area contributed by atoms with E-state index in [1.807, 2.05) is 24.3 Å². The van der Waals surface area contributed by atoms with Gasteiger partial charge in [0.15, 0.2) is 0 Å². The van der Waals surface area contributed by atoms with Crippen LogP contribution >= 0.6 is 0 Å². The molecule has 134 valence electrons. The lowest BCUT2D eigenvalue weighted by molar-refractivity contribution is -0.108. The molecule has 2 heterocycles. The molecule has 2 aromatic carbocycles. The van der Waals surface area contributed by atoms with Crippen LogP contribution in [0, 0.1) is 5.82 Å². The number of hydrogen-bond donors (Lipinski definition) is 0. The van der Waals surface area contributed by atoms with Crippen molar-refractivity contribution < 1.29 is 18.7 Å². The van der Waals surface area contributed by atoms with Crippen molar-refractivity contribution >= 4 is 6.29 Å². The van der Waals surface area contributed by atoms with Crippen LogP contribution in [0.1, 0.15) is 11.5 Å². The number of ether oxygens (including phenoxy) is 2. The Kier molecular flexibility index (Phi) is 4.82. The standard InChI is InChI=1S/C21H20FNO3/c22-18-4-1-15(2-5-18)16-3-6-21-20(12-16)17(14-24)11-19(26-21)13-23-7-9-25-10-8-23/h1-6,11-12,14,17H,7-10,13H2. The summed E-state index contributed by atoms with van der Waals surface area (Å²) in [7, 11) is 0.